The number of aromatic nitrogens is 16. The van der Waals surface area contributed by atoms with E-state index in [-0.39, 0.29) is 104 Å². The average molecular weight is 1770 g/mol. The molecule has 4 fully saturated rings. The van der Waals surface area contributed by atoms with Gasteiger partial charge in [0.2, 0.25) is 33.0 Å². The largest absolute Gasteiger partial charge is 0.459 e. The standard InChI is InChI=1S/C27H25FN4O6S2.C26H24FN5O6S.C13H18FN5O2.C12H13FN6O3.CH4.H3N/c1-26(28)20(37-24(34)17-12-8-5-9-13-17)18(15-36-23(33)16-10-6-4-7-11-16)38-27(26,35)19-14-29-21-22(39-2)30-25(40-3)31-32(19)21;1-25(27)19(37-23(34)16-11-7-4-8-12-16)17(14-36-22(33)15-9-5-3-6-10-15)38-26(25,35)18-13-29-21-20(28)30-24(39-2)31-32(18)21;1-4-8-7(2)12(3,14)13(20,21-8)9-5-16-11-10(15)17-6-18-19(9)11;1-11(13)8(21)6(3-20)22-12(11,4-14)7-2-16-10-9(15)17-5-18-19(7)10;;/h4-14,18,20,35H,15H2,1-3H3;3-13,17,19,35H,14H2,1-2H3,(H2,28,30,31);5-8,20H,4H2,1-3H3,(H2,15,17,18);2,5-6,8,20-21H,3H2,1H3,(H2,15,17,18);1H4;1H3/t18-,20-,26-,27?;17-,19-,25-,26?;7-,8-,12-,13?;6-,8-,11-,12+;;/m1111../s1. The van der Waals surface area contributed by atoms with E-state index in [1.54, 1.807) is 129 Å². The molecule has 16 rings (SSSR count). The summed E-state index contributed by atoms with van der Waals surface area (Å²) in [6, 6.07) is 34.1. The van der Waals surface area contributed by atoms with E-state index in [0.717, 1.165) is 42.3 Å². The van der Waals surface area contributed by atoms with Gasteiger partial charge in [0.1, 0.15) is 84.2 Å². The molecule has 4 aliphatic rings. The number of carbonyl (C=O) groups excluding carboxylic acids is 4. The number of ether oxygens (including phenoxy) is 8. The number of hydrogen-bond donors (Lipinski definition) is 9. The Kier molecular flexibility index (Phi) is 27.4. The summed E-state index contributed by atoms with van der Waals surface area (Å²) in [5.74, 6) is -10.9. The summed E-state index contributed by atoms with van der Waals surface area (Å²) < 4.78 is 113. The van der Waals surface area contributed by atoms with Gasteiger partial charge in [0.05, 0.1) is 59.8 Å². The number of halogens is 4. The lowest BCUT2D eigenvalue weighted by atomic mass is 9.82. The van der Waals surface area contributed by atoms with Crippen LogP contribution in [0.2, 0.25) is 0 Å². The zero-order valence-corrected chi connectivity index (χ0v) is 69.3. The fourth-order valence-electron chi connectivity index (χ4n) is 14.3. The Morgan fingerprint density at radius 2 is 0.863 bits per heavy atom. The van der Waals surface area contributed by atoms with Gasteiger partial charge in [-0.1, -0.05) is 118 Å². The normalized spacial score (nSPS) is 27.9. The third-order valence-electron chi connectivity index (χ3n) is 21.3. The quantitative estimate of drug-likeness (QED) is 0.0164. The molecule has 656 valence electrons. The first-order valence-corrected chi connectivity index (χ1v) is 40.8. The average Bonchev–Trinajstić information content (AvgIpc) is 1.58. The van der Waals surface area contributed by atoms with Crippen LogP contribution in [0, 0.1) is 17.2 Å². The van der Waals surface area contributed by atoms with Crippen molar-refractivity contribution in [1.82, 2.24) is 84.5 Å². The van der Waals surface area contributed by atoms with Crippen LogP contribution in [-0.4, -0.2) is 232 Å². The number of carbonyl (C=O) groups is 4. The van der Waals surface area contributed by atoms with Crippen LogP contribution in [-0.2, 0) is 60.9 Å². The SMILES string of the molecule is C.CC[C@H]1OC(O)(c2cnc3c(N)ncnn23)[C@](C)(F)[C@@H]1C.CSc1nc(N)c2ncc(C3(O)O[C@H](COC(=O)c4ccccc4)[C@@H](OC(=O)c4ccccc4)[C@@]3(C)F)n2n1.CSc1nc(SC)c2ncc(C3(O)O[C@H](COC(=O)c4ccccc4)[C@@H](OC(=O)c4ccccc4)[C@@]3(C)F)n2n1.C[C@@]1(F)[C@H](O)[C@@H](CO)O[C@@]1(C#N)c1cnc2c(N)ncnn12.N. The molecular formula is C79H87F4N21O17S3. The Labute approximate surface area is 716 Å². The molecule has 0 radical (unpaired) electrons. The first-order valence-electron chi connectivity index (χ1n) is 37.2. The Balaban J connectivity index is 0.000000166. The minimum absolute atomic E-state index is 0. The maximum absolute atomic E-state index is 16.9. The number of nitrogens with two attached hydrogens (primary N) is 3. The number of fused-ring (bicyclic) bond motifs is 4. The minimum atomic E-state index is -2.77. The molecule has 8 aromatic heterocycles. The second-order valence-corrected chi connectivity index (χ2v) is 31.0. The van der Waals surface area contributed by atoms with Crippen molar-refractivity contribution in [3.8, 4) is 6.07 Å². The summed E-state index contributed by atoms with van der Waals surface area (Å²) >= 11 is 3.74. The number of rotatable bonds is 19. The van der Waals surface area contributed by atoms with Crippen LogP contribution in [0.4, 0.5) is 35.0 Å². The highest BCUT2D eigenvalue weighted by Crippen LogP contribution is 2.55. The molecule has 124 heavy (non-hydrogen) atoms. The molecule has 0 saturated carbocycles. The number of esters is 4. The van der Waals surface area contributed by atoms with Crippen LogP contribution in [0.5, 0.6) is 0 Å². The summed E-state index contributed by atoms with van der Waals surface area (Å²) in [5.41, 5.74) is 6.47. The number of aliphatic hydroxyl groups is 5. The van der Waals surface area contributed by atoms with Gasteiger partial charge in [-0.05, 0) is 101 Å². The second kappa shape index (κ2) is 36.6. The van der Waals surface area contributed by atoms with Crippen LogP contribution < -0.4 is 23.4 Å². The number of anilines is 3. The second-order valence-electron chi connectivity index (χ2n) is 28.7. The molecule has 12 heterocycles. The molecule has 4 aliphatic heterocycles. The first-order chi connectivity index (χ1) is 58.1. The summed E-state index contributed by atoms with van der Waals surface area (Å²) in [7, 11) is 0. The van der Waals surface area contributed by atoms with Gasteiger partial charge in [0.25, 0.3) is 11.6 Å². The molecule has 0 bridgehead atoms. The lowest BCUT2D eigenvalue weighted by Gasteiger charge is -2.32. The van der Waals surface area contributed by atoms with Gasteiger partial charge < -0.3 is 86.8 Å². The summed E-state index contributed by atoms with van der Waals surface area (Å²) in [6.07, 6.45) is 3.63. The van der Waals surface area contributed by atoms with E-state index in [1.807, 2.05) is 6.92 Å². The van der Waals surface area contributed by atoms with Gasteiger partial charge >= 0.3 is 23.9 Å². The highest BCUT2D eigenvalue weighted by Gasteiger charge is 2.71. The van der Waals surface area contributed by atoms with Crippen LogP contribution in [0.25, 0.3) is 22.6 Å². The van der Waals surface area contributed by atoms with Crippen molar-refractivity contribution in [3.63, 3.8) is 0 Å². The number of imidazole rings is 4. The molecule has 38 nitrogen and oxygen atoms in total. The highest BCUT2D eigenvalue weighted by molar-refractivity contribution is 7.99. The molecule has 45 heteroatoms. The Hall–Kier alpha value is -11.8. The molecule has 16 atom stereocenters. The van der Waals surface area contributed by atoms with Gasteiger partial charge in [0, 0.05) is 5.92 Å². The monoisotopic (exact) mass is 1770 g/mol. The van der Waals surface area contributed by atoms with Crippen molar-refractivity contribution in [1.29, 1.82) is 5.26 Å². The molecule has 0 aliphatic carbocycles. The zero-order chi connectivity index (χ0) is 87.8. The maximum Gasteiger partial charge on any atom is 0.338 e. The topological polar surface area (TPSA) is 552 Å². The number of nitrogen functional groups attached to an aromatic ring is 3. The fourth-order valence-corrected chi connectivity index (χ4v) is 15.6. The van der Waals surface area contributed by atoms with E-state index in [9.17, 15) is 50.0 Å². The summed E-state index contributed by atoms with van der Waals surface area (Å²) in [4.78, 5) is 83.7. The third kappa shape index (κ3) is 16.4. The van der Waals surface area contributed by atoms with E-state index >= 15 is 17.6 Å². The Morgan fingerprint density at radius 1 is 0.500 bits per heavy atom. The number of thioether (sulfide) groups is 3. The predicted molar refractivity (Wildman–Crippen MR) is 437 cm³/mol. The maximum atomic E-state index is 16.9. The molecule has 12 aromatic rings. The first kappa shape index (κ1) is 92.9. The molecule has 0 amide bonds. The Bertz CT molecular complexity index is 5900. The van der Waals surface area contributed by atoms with Crippen LogP contribution in [0.15, 0.2) is 174 Å². The van der Waals surface area contributed by atoms with Crippen LogP contribution >= 0.6 is 35.3 Å². The molecular weight excluding hydrogens is 1690 g/mol. The number of aliphatic hydroxyl groups excluding tert-OH is 2. The van der Waals surface area contributed by atoms with Crippen molar-refractivity contribution in [3.05, 3.63) is 204 Å². The zero-order valence-electron chi connectivity index (χ0n) is 66.9. The van der Waals surface area contributed by atoms with Gasteiger partial charge in [-0.2, -0.15) is 15.5 Å². The van der Waals surface area contributed by atoms with Gasteiger partial charge in [-0.25, -0.2) is 94.7 Å². The van der Waals surface area contributed by atoms with E-state index in [1.165, 1.54) is 100 Å². The van der Waals surface area contributed by atoms with Crippen LogP contribution in [0.3, 0.4) is 0 Å². The van der Waals surface area contributed by atoms with E-state index in [2.05, 4.69) is 60.3 Å². The number of nitrogens with zero attached hydrogens (tertiary/aromatic N) is 17. The van der Waals surface area contributed by atoms with Crippen molar-refractivity contribution < 1.29 is 100 Å². The number of nitriles is 1. The number of benzene rings is 4. The molecule has 0 spiro atoms. The smallest absolute Gasteiger partial charge is 0.338 e. The van der Waals surface area contributed by atoms with Crippen molar-refractivity contribution in [2.45, 2.75) is 159 Å². The van der Waals surface area contributed by atoms with E-state index < -0.39 is 138 Å². The molecule has 4 aromatic carbocycles. The number of hydrogen-bond acceptors (Lipinski definition) is 37. The highest BCUT2D eigenvalue weighted by atomic mass is 32.2. The number of alkyl halides is 4. The molecule has 4 saturated heterocycles. The van der Waals surface area contributed by atoms with Gasteiger partial charge in [0.15, 0.2) is 63.6 Å². The van der Waals surface area contributed by atoms with Crippen molar-refractivity contribution in [2.75, 3.05) is 55.8 Å². The lowest BCUT2D eigenvalue weighted by molar-refractivity contribution is -0.256. The van der Waals surface area contributed by atoms with E-state index in [0.29, 0.717) is 16.6 Å². The van der Waals surface area contributed by atoms with Gasteiger partial charge in [-0.15, -0.1) is 22.0 Å². The molecule has 14 N–H and O–H groups in total. The van der Waals surface area contributed by atoms with Crippen LogP contribution in [0.1, 0.15) is 120 Å². The summed E-state index contributed by atoms with van der Waals surface area (Å²) in [5, 5.41) is 80.9. The molecule has 3 unspecified atom stereocenters. The van der Waals surface area contributed by atoms with Crippen molar-refractivity contribution >= 4 is 99.2 Å². The summed E-state index contributed by atoms with van der Waals surface area (Å²) in [6.45, 7) is 6.35. The van der Waals surface area contributed by atoms with Crippen molar-refractivity contribution in [2.24, 2.45) is 5.92 Å². The Morgan fingerprint density at radius 3 is 1.25 bits per heavy atom. The lowest BCUT2D eigenvalue weighted by Crippen LogP contribution is -2.51. The predicted octanol–water partition coefficient (Wildman–Crippen LogP) is 7.43. The fraction of sp³-hybridized carbons (Fsp3) is 0.380. The van der Waals surface area contributed by atoms with E-state index in [4.69, 9.17) is 55.1 Å². The van der Waals surface area contributed by atoms with Gasteiger partial charge in [-0.3, -0.25) is 0 Å². The minimum Gasteiger partial charge on any atom is -0.459 e. The third-order valence-corrected chi connectivity index (χ3v) is 23.1.